The molecule has 0 radical (unpaired) electrons. The molecule has 1 aromatic heterocycles. The highest BCUT2D eigenvalue weighted by Crippen LogP contribution is 2.26. The third-order valence-corrected chi connectivity index (χ3v) is 4.47. The van der Waals surface area contributed by atoms with E-state index in [0.717, 1.165) is 38.1 Å². The molecule has 3 nitrogen and oxygen atoms in total. The summed E-state index contributed by atoms with van der Waals surface area (Å²) < 4.78 is 0. The molecule has 23 heavy (non-hydrogen) atoms. The van der Waals surface area contributed by atoms with E-state index in [0.29, 0.717) is 0 Å². The molecule has 2 aromatic carbocycles. The molecule has 0 fully saturated rings. The van der Waals surface area contributed by atoms with Gasteiger partial charge in [-0.15, -0.1) is 0 Å². The van der Waals surface area contributed by atoms with Crippen LogP contribution < -0.4 is 5.32 Å². The Morgan fingerprint density at radius 3 is 2.48 bits per heavy atom. The van der Waals surface area contributed by atoms with Gasteiger partial charge in [0.2, 0.25) is 0 Å². The van der Waals surface area contributed by atoms with Crippen molar-refractivity contribution in [3.8, 4) is 0 Å². The van der Waals surface area contributed by atoms with Crippen molar-refractivity contribution in [3.05, 3.63) is 48.7 Å². The van der Waals surface area contributed by atoms with Crippen molar-refractivity contribution in [2.75, 3.05) is 31.5 Å². The molecule has 0 aliphatic rings. The average molecular weight is 307 g/mol. The molecule has 0 aliphatic carbocycles. The van der Waals surface area contributed by atoms with Crippen molar-refractivity contribution >= 4 is 27.4 Å². The Labute approximate surface area is 138 Å². The molecule has 3 heteroatoms. The number of fused-ring (bicyclic) bond motifs is 2. The van der Waals surface area contributed by atoms with Crippen LogP contribution in [0, 0.1) is 0 Å². The summed E-state index contributed by atoms with van der Waals surface area (Å²) in [6.45, 7) is 8.83. The first-order chi connectivity index (χ1) is 11.3. The van der Waals surface area contributed by atoms with Gasteiger partial charge in [-0.2, -0.15) is 0 Å². The first-order valence-electron chi connectivity index (χ1n) is 8.55. The highest BCUT2D eigenvalue weighted by atomic mass is 15.1. The zero-order valence-corrected chi connectivity index (χ0v) is 14.0. The summed E-state index contributed by atoms with van der Waals surface area (Å²) in [7, 11) is 0. The maximum atomic E-state index is 4.53. The van der Waals surface area contributed by atoms with Gasteiger partial charge in [0, 0.05) is 23.8 Å². The quantitative estimate of drug-likeness (QED) is 0.513. The molecule has 0 bridgehead atoms. The first-order valence-corrected chi connectivity index (χ1v) is 8.55. The minimum atomic E-state index is 0.989. The molecule has 0 aliphatic heterocycles. The normalized spacial score (nSPS) is 11.4. The number of aromatic nitrogens is 1. The molecular weight excluding hydrogens is 282 g/mol. The zero-order valence-electron chi connectivity index (χ0n) is 14.0. The Kier molecular flexibility index (Phi) is 5.09. The molecule has 3 aromatic rings. The fourth-order valence-corrected chi connectivity index (χ4v) is 3.05. The minimum absolute atomic E-state index is 0.989. The lowest BCUT2D eigenvalue weighted by Gasteiger charge is -2.18. The predicted molar refractivity (Wildman–Crippen MR) is 100 cm³/mol. The number of rotatable bonds is 7. The van der Waals surface area contributed by atoms with Crippen molar-refractivity contribution in [3.63, 3.8) is 0 Å². The van der Waals surface area contributed by atoms with Gasteiger partial charge in [-0.25, -0.2) is 0 Å². The Balaban J connectivity index is 1.77. The van der Waals surface area contributed by atoms with Crippen LogP contribution in [-0.2, 0) is 0 Å². The van der Waals surface area contributed by atoms with Crippen LogP contribution in [0.15, 0.2) is 48.7 Å². The molecule has 0 saturated carbocycles. The van der Waals surface area contributed by atoms with Crippen LogP contribution in [0.1, 0.15) is 20.3 Å². The summed E-state index contributed by atoms with van der Waals surface area (Å²) in [6, 6.07) is 14.9. The lowest BCUT2D eigenvalue weighted by atomic mass is 10.1. The van der Waals surface area contributed by atoms with E-state index in [4.69, 9.17) is 0 Å². The van der Waals surface area contributed by atoms with E-state index < -0.39 is 0 Å². The van der Waals surface area contributed by atoms with Crippen molar-refractivity contribution in [2.45, 2.75) is 20.3 Å². The van der Waals surface area contributed by atoms with E-state index in [-0.39, 0.29) is 0 Å². The largest absolute Gasteiger partial charge is 0.384 e. The van der Waals surface area contributed by atoms with Gasteiger partial charge in [-0.1, -0.05) is 38.1 Å². The van der Waals surface area contributed by atoms with Gasteiger partial charge in [0.1, 0.15) is 0 Å². The van der Waals surface area contributed by atoms with Gasteiger partial charge in [0.15, 0.2) is 0 Å². The van der Waals surface area contributed by atoms with Crippen molar-refractivity contribution < 1.29 is 0 Å². The Hall–Kier alpha value is -2.13. The van der Waals surface area contributed by atoms with Crippen LogP contribution in [0.4, 0.5) is 5.69 Å². The molecule has 0 saturated heterocycles. The summed E-state index contributed by atoms with van der Waals surface area (Å²) in [5, 5.41) is 7.30. The number of pyridine rings is 1. The Bertz CT molecular complexity index is 778. The lowest BCUT2D eigenvalue weighted by molar-refractivity contribution is 0.303. The zero-order chi connectivity index (χ0) is 16.1. The van der Waals surface area contributed by atoms with Crippen molar-refractivity contribution in [2.24, 2.45) is 0 Å². The minimum Gasteiger partial charge on any atom is -0.384 e. The van der Waals surface area contributed by atoms with Crippen molar-refractivity contribution in [1.29, 1.82) is 0 Å². The fraction of sp³-hybridized carbons (Fsp3) is 0.350. The van der Waals surface area contributed by atoms with E-state index in [9.17, 15) is 0 Å². The van der Waals surface area contributed by atoms with Crippen LogP contribution in [0.3, 0.4) is 0 Å². The van der Waals surface area contributed by atoms with Gasteiger partial charge in [-0.3, -0.25) is 4.98 Å². The third-order valence-electron chi connectivity index (χ3n) is 4.47. The van der Waals surface area contributed by atoms with Crippen LogP contribution in [0.25, 0.3) is 21.7 Å². The Morgan fingerprint density at radius 1 is 1.00 bits per heavy atom. The number of nitrogens with one attached hydrogen (secondary N) is 1. The molecule has 1 heterocycles. The summed E-state index contributed by atoms with van der Waals surface area (Å²) in [6.07, 6.45) is 3.04. The van der Waals surface area contributed by atoms with E-state index in [1.165, 1.54) is 21.8 Å². The molecule has 0 unspecified atom stereocenters. The fourth-order valence-electron chi connectivity index (χ4n) is 3.05. The van der Waals surface area contributed by atoms with Gasteiger partial charge >= 0.3 is 0 Å². The van der Waals surface area contributed by atoms with Crippen molar-refractivity contribution in [1.82, 2.24) is 9.88 Å². The Morgan fingerprint density at radius 2 is 1.74 bits per heavy atom. The van der Waals surface area contributed by atoms with Crippen LogP contribution in [0.5, 0.6) is 0 Å². The lowest BCUT2D eigenvalue weighted by Crippen LogP contribution is -2.25. The average Bonchev–Trinajstić information content (AvgIpc) is 2.60. The summed E-state index contributed by atoms with van der Waals surface area (Å²) in [4.78, 5) is 6.98. The second-order valence-corrected chi connectivity index (χ2v) is 5.88. The van der Waals surface area contributed by atoms with Crippen LogP contribution >= 0.6 is 0 Å². The first kappa shape index (κ1) is 15.8. The predicted octanol–water partition coefficient (Wildman–Crippen LogP) is 4.53. The number of hydrogen-bond donors (Lipinski definition) is 1. The maximum Gasteiger partial charge on any atom is 0.0729 e. The second kappa shape index (κ2) is 7.42. The van der Waals surface area contributed by atoms with E-state index >= 15 is 0 Å². The van der Waals surface area contributed by atoms with Gasteiger partial charge in [-0.05, 0) is 55.0 Å². The summed E-state index contributed by atoms with van der Waals surface area (Å²) in [5.74, 6) is 0. The molecule has 0 spiro atoms. The van der Waals surface area contributed by atoms with Gasteiger partial charge < -0.3 is 10.2 Å². The topological polar surface area (TPSA) is 28.2 Å². The number of hydrogen-bond acceptors (Lipinski definition) is 3. The molecule has 1 N–H and O–H groups in total. The van der Waals surface area contributed by atoms with Crippen LogP contribution in [0.2, 0.25) is 0 Å². The smallest absolute Gasteiger partial charge is 0.0729 e. The second-order valence-electron chi connectivity index (χ2n) is 5.88. The summed E-state index contributed by atoms with van der Waals surface area (Å²) >= 11 is 0. The van der Waals surface area contributed by atoms with Crippen LogP contribution in [-0.4, -0.2) is 36.1 Å². The third kappa shape index (κ3) is 3.62. The van der Waals surface area contributed by atoms with Gasteiger partial charge in [0.25, 0.3) is 0 Å². The molecular formula is C20H25N3. The highest BCUT2D eigenvalue weighted by molar-refractivity contribution is 6.01. The molecule has 0 amide bonds. The molecule has 0 atom stereocenters. The monoisotopic (exact) mass is 307 g/mol. The van der Waals surface area contributed by atoms with E-state index in [2.05, 4.69) is 71.5 Å². The number of nitrogens with zero attached hydrogens (tertiary/aromatic N) is 2. The standard InChI is InChI=1S/C20H25N3/c1-3-23(4-2)13-7-11-21-19-10-12-22-20-15-17-9-6-5-8-16(17)14-18(19)20/h5-6,8-10,12,14-15H,3-4,7,11,13H2,1-2H3,(H,21,22). The number of anilines is 1. The highest BCUT2D eigenvalue weighted by Gasteiger charge is 2.04. The molecule has 120 valence electrons. The maximum absolute atomic E-state index is 4.53. The number of benzene rings is 2. The van der Waals surface area contributed by atoms with E-state index in [1.807, 2.05) is 6.20 Å². The van der Waals surface area contributed by atoms with Gasteiger partial charge in [0.05, 0.1) is 5.52 Å². The summed E-state index contributed by atoms with van der Waals surface area (Å²) in [5.41, 5.74) is 2.23. The molecule has 3 rings (SSSR count). The van der Waals surface area contributed by atoms with E-state index in [1.54, 1.807) is 0 Å². The SMILES string of the molecule is CCN(CC)CCCNc1ccnc2cc3ccccc3cc12.